The van der Waals surface area contributed by atoms with E-state index in [-0.39, 0.29) is 23.7 Å². The summed E-state index contributed by atoms with van der Waals surface area (Å²) in [5, 5.41) is 30.5. The first-order valence-corrected chi connectivity index (χ1v) is 31.6. The van der Waals surface area contributed by atoms with Gasteiger partial charge in [-0.15, -0.1) is 0 Å². The largest absolute Gasteiger partial charge is 0.294 e. The van der Waals surface area contributed by atoms with Crippen molar-refractivity contribution < 1.29 is 0 Å². The third-order valence-corrected chi connectivity index (χ3v) is 24.0. The smallest absolute Gasteiger partial charge is 0.0659 e. The topological polar surface area (TPSA) is 81.1 Å². The Bertz CT molecular complexity index is 1580. The Morgan fingerprint density at radius 3 is 0.986 bits per heavy atom. The van der Waals surface area contributed by atoms with Gasteiger partial charge >= 0.3 is 0 Å². The number of rotatable bonds is 10. The summed E-state index contributed by atoms with van der Waals surface area (Å²) in [5.41, 5.74) is 0. The molecule has 0 spiro atoms. The fraction of sp³-hybridized carbons (Fsp3) is 0.952. The van der Waals surface area contributed by atoms with Crippen molar-refractivity contribution in [1.82, 2.24) is 14.7 Å². The lowest BCUT2D eigenvalue weighted by atomic mass is 9.61. The van der Waals surface area contributed by atoms with E-state index >= 15 is 0 Å². The Morgan fingerprint density at radius 2 is 0.638 bits per heavy atom. The summed E-state index contributed by atoms with van der Waals surface area (Å²) < 4.78 is 0. The molecule has 10 aliphatic carbocycles. The van der Waals surface area contributed by atoms with Crippen LogP contribution in [0.25, 0.3) is 0 Å². The van der Waals surface area contributed by atoms with Gasteiger partial charge in [0.2, 0.25) is 0 Å². The molecule has 6 heteroatoms. The van der Waals surface area contributed by atoms with Gasteiger partial charge in [0.05, 0.1) is 30.0 Å². The molecule has 0 aromatic heterocycles. The summed E-state index contributed by atoms with van der Waals surface area (Å²) in [5.74, 6) is 5.91. The molecule has 0 bridgehead atoms. The Labute approximate surface area is 423 Å². The molecule has 0 radical (unpaired) electrons. The highest BCUT2D eigenvalue weighted by atomic mass is 15.3. The molecular formula is C63H100N6. The normalized spacial score (nSPS) is 43.9. The minimum atomic E-state index is -0.129. The van der Waals surface area contributed by atoms with E-state index in [1.54, 1.807) is 0 Å². The molecule has 11 aliphatic rings. The Kier molecular flexibility index (Phi) is 16.7. The maximum absolute atomic E-state index is 10.3. The molecule has 0 aromatic carbocycles. The second kappa shape index (κ2) is 23.3. The molecule has 11 fully saturated rings. The van der Waals surface area contributed by atoms with Gasteiger partial charge < -0.3 is 0 Å². The molecule has 1 heterocycles. The first kappa shape index (κ1) is 49.6. The van der Waals surface area contributed by atoms with Crippen LogP contribution in [0.3, 0.4) is 0 Å². The van der Waals surface area contributed by atoms with Gasteiger partial charge in [-0.3, -0.25) is 14.7 Å². The van der Waals surface area contributed by atoms with Crippen molar-refractivity contribution in [3.05, 3.63) is 0 Å². The quantitative estimate of drug-likeness (QED) is 0.217. The highest BCUT2D eigenvalue weighted by Gasteiger charge is 2.56. The molecule has 11 rings (SSSR count). The number of fused-ring (bicyclic) bond motifs is 3. The van der Waals surface area contributed by atoms with Gasteiger partial charge in [-0.2, -0.15) is 15.8 Å². The highest BCUT2D eigenvalue weighted by molar-refractivity contribution is 5.11. The summed E-state index contributed by atoms with van der Waals surface area (Å²) >= 11 is 0. The second-order valence-electron chi connectivity index (χ2n) is 27.2. The van der Waals surface area contributed by atoms with Crippen LogP contribution in [0.15, 0.2) is 0 Å². The van der Waals surface area contributed by atoms with Crippen molar-refractivity contribution in [2.75, 3.05) is 0 Å². The van der Waals surface area contributed by atoms with Gasteiger partial charge in [0.25, 0.3) is 0 Å². The van der Waals surface area contributed by atoms with Gasteiger partial charge in [-0.1, -0.05) is 77.0 Å². The fourth-order valence-electron chi connectivity index (χ4n) is 20.9. The Balaban J connectivity index is 0.772. The minimum absolute atomic E-state index is 0.128. The van der Waals surface area contributed by atoms with Crippen LogP contribution in [-0.4, -0.2) is 69.1 Å². The van der Waals surface area contributed by atoms with Gasteiger partial charge in [0, 0.05) is 60.3 Å². The molecule has 10 saturated carbocycles. The zero-order chi connectivity index (χ0) is 46.7. The average molecular weight is 942 g/mol. The molecule has 0 amide bonds. The van der Waals surface area contributed by atoms with E-state index in [1.165, 1.54) is 244 Å². The van der Waals surface area contributed by atoms with Gasteiger partial charge in [-0.05, 0) is 227 Å². The van der Waals surface area contributed by atoms with E-state index in [4.69, 9.17) is 0 Å². The molecular weight excluding hydrogens is 841 g/mol. The molecule has 1 aliphatic heterocycles. The van der Waals surface area contributed by atoms with Crippen LogP contribution >= 0.6 is 0 Å². The van der Waals surface area contributed by atoms with Crippen LogP contribution in [-0.2, 0) is 0 Å². The molecule has 8 unspecified atom stereocenters. The van der Waals surface area contributed by atoms with Gasteiger partial charge in [0.15, 0.2) is 0 Å². The number of likely N-dealkylation sites (tertiary alicyclic amines) is 1. The lowest BCUT2D eigenvalue weighted by molar-refractivity contribution is 0.000655. The molecule has 8 atom stereocenters. The van der Waals surface area contributed by atoms with Crippen LogP contribution < -0.4 is 0 Å². The second-order valence-corrected chi connectivity index (χ2v) is 27.2. The lowest BCUT2D eigenvalue weighted by Crippen LogP contribution is -2.52. The number of hydrogen-bond donors (Lipinski definition) is 0. The molecule has 382 valence electrons. The molecule has 1 saturated heterocycles. The SMILES string of the molecule is N#CC1CC(C#N)C(C2CCC(N3C4CCC(C5CCC(N(C6CCCCC6)C6CCCCC6)CC5)CC4C4CC(C5CCC(N(C6CCCCC6)C6CCCCC6)CC5)CCC43)CC2)C(C#N)C1. The first-order chi connectivity index (χ1) is 34.1. The minimum Gasteiger partial charge on any atom is -0.294 e. The molecule has 6 nitrogen and oxygen atoms in total. The third kappa shape index (κ3) is 10.7. The maximum atomic E-state index is 10.3. The fourth-order valence-corrected chi connectivity index (χ4v) is 20.9. The van der Waals surface area contributed by atoms with Crippen LogP contribution in [0.4, 0.5) is 0 Å². The van der Waals surface area contributed by atoms with Crippen LogP contribution in [0.2, 0.25) is 0 Å². The highest BCUT2D eigenvalue weighted by Crippen LogP contribution is 2.58. The van der Waals surface area contributed by atoms with E-state index < -0.39 is 0 Å². The van der Waals surface area contributed by atoms with Crippen LogP contribution in [0.1, 0.15) is 257 Å². The van der Waals surface area contributed by atoms with Crippen molar-refractivity contribution in [3.63, 3.8) is 0 Å². The van der Waals surface area contributed by atoms with Crippen molar-refractivity contribution in [1.29, 1.82) is 15.8 Å². The Morgan fingerprint density at radius 1 is 0.304 bits per heavy atom. The average Bonchev–Trinajstić information content (AvgIpc) is 3.75. The van der Waals surface area contributed by atoms with Gasteiger partial charge in [-0.25, -0.2) is 0 Å². The summed E-state index contributed by atoms with van der Waals surface area (Å²) in [4.78, 5) is 9.70. The van der Waals surface area contributed by atoms with Crippen molar-refractivity contribution >= 4 is 0 Å². The monoisotopic (exact) mass is 941 g/mol. The van der Waals surface area contributed by atoms with Crippen LogP contribution in [0.5, 0.6) is 0 Å². The van der Waals surface area contributed by atoms with Crippen molar-refractivity contribution in [2.45, 2.75) is 311 Å². The number of nitrogens with zero attached hydrogens (tertiary/aromatic N) is 6. The third-order valence-electron chi connectivity index (χ3n) is 24.0. The van der Waals surface area contributed by atoms with E-state index in [1.807, 2.05) is 0 Å². The van der Waals surface area contributed by atoms with Gasteiger partial charge in [0.1, 0.15) is 0 Å². The number of nitriles is 3. The lowest BCUT2D eigenvalue weighted by Gasteiger charge is -2.50. The molecule has 0 aromatic rings. The maximum Gasteiger partial charge on any atom is 0.0659 e. The standard InChI is InChI=1S/C63H100N6/c64-41-44-37-50(42-65)63(51(38-44)43-66)47-25-33-58(34-26-47)69-61-35-27-48(45-21-29-56(30-22-45)67(52-13-5-1-6-14-52)53-15-7-2-8-16-53)39-59(61)60-40-49(28-36-62(60)69)46-23-31-57(32-24-46)68(54-17-9-3-10-18-54)55-19-11-4-12-20-55/h44-63H,1-40H2. The van der Waals surface area contributed by atoms with Crippen LogP contribution in [0, 0.1) is 99.1 Å². The Hall–Kier alpha value is -1.65. The first-order valence-electron chi connectivity index (χ1n) is 31.6. The van der Waals surface area contributed by atoms with E-state index in [0.717, 1.165) is 83.8 Å². The van der Waals surface area contributed by atoms with E-state index in [9.17, 15) is 15.8 Å². The zero-order valence-electron chi connectivity index (χ0n) is 44.0. The molecule has 69 heavy (non-hydrogen) atoms. The zero-order valence-corrected chi connectivity index (χ0v) is 44.0. The predicted molar refractivity (Wildman–Crippen MR) is 280 cm³/mol. The molecule has 0 N–H and O–H groups in total. The number of hydrogen-bond acceptors (Lipinski definition) is 6. The van der Waals surface area contributed by atoms with Crippen molar-refractivity contribution in [3.8, 4) is 18.2 Å². The van der Waals surface area contributed by atoms with E-state index in [2.05, 4.69) is 32.9 Å². The van der Waals surface area contributed by atoms with Crippen molar-refractivity contribution in [2.24, 2.45) is 65.1 Å². The summed E-state index contributed by atoms with van der Waals surface area (Å²) in [6, 6.07) is 15.3. The summed E-state index contributed by atoms with van der Waals surface area (Å²) in [7, 11) is 0. The predicted octanol–water partition coefficient (Wildman–Crippen LogP) is 15.3. The van der Waals surface area contributed by atoms with E-state index in [0.29, 0.717) is 24.8 Å². The summed E-state index contributed by atoms with van der Waals surface area (Å²) in [6.45, 7) is 0. The summed E-state index contributed by atoms with van der Waals surface area (Å²) in [6.07, 6.45) is 56.8.